The molecule has 1 aromatic heterocycles. The molecule has 0 N–H and O–H groups in total. The average molecular weight is 267 g/mol. The molecule has 0 bridgehead atoms. The van der Waals surface area contributed by atoms with Crippen molar-refractivity contribution in [2.45, 2.75) is 46.3 Å². The zero-order valence-electron chi connectivity index (χ0n) is 11.7. The van der Waals surface area contributed by atoms with Gasteiger partial charge in [-0.1, -0.05) is 13.8 Å². The molecular weight excluding hydrogens is 246 g/mol. The van der Waals surface area contributed by atoms with Gasteiger partial charge in [0.15, 0.2) is 5.75 Å². The van der Waals surface area contributed by atoms with E-state index in [1.807, 2.05) is 20.8 Å². The van der Waals surface area contributed by atoms with Gasteiger partial charge in [0.2, 0.25) is 0 Å². The first-order chi connectivity index (χ1) is 9.08. The van der Waals surface area contributed by atoms with Gasteiger partial charge in [-0.2, -0.15) is 0 Å². The van der Waals surface area contributed by atoms with Gasteiger partial charge in [-0.3, -0.25) is 9.59 Å². The lowest BCUT2D eigenvalue weighted by atomic mass is 10.3. The summed E-state index contributed by atoms with van der Waals surface area (Å²) in [6.45, 7) is 6.11. The van der Waals surface area contributed by atoms with Crippen LogP contribution in [0.5, 0.6) is 5.75 Å². The average Bonchev–Trinajstić information content (AvgIpc) is 2.39. The Bertz CT molecular complexity index is 467. The summed E-state index contributed by atoms with van der Waals surface area (Å²) in [5.74, 6) is -0.148. The molecule has 0 amide bonds. The minimum absolute atomic E-state index is 0.0908. The molecule has 0 aliphatic heterocycles. The molecule has 5 heteroatoms. The van der Waals surface area contributed by atoms with E-state index in [-0.39, 0.29) is 24.0 Å². The summed E-state index contributed by atoms with van der Waals surface area (Å²) in [5.41, 5.74) is -0.308. The molecule has 1 aromatic rings. The van der Waals surface area contributed by atoms with Crippen LogP contribution in [0.3, 0.4) is 0 Å². The molecule has 0 aliphatic rings. The topological polar surface area (TPSA) is 57.5 Å². The van der Waals surface area contributed by atoms with Crippen molar-refractivity contribution in [3.05, 3.63) is 28.7 Å². The van der Waals surface area contributed by atoms with Crippen LogP contribution >= 0.6 is 0 Å². The van der Waals surface area contributed by atoms with Crippen molar-refractivity contribution in [2.24, 2.45) is 0 Å². The number of ether oxygens (including phenoxy) is 2. The van der Waals surface area contributed by atoms with Crippen LogP contribution in [-0.4, -0.2) is 23.2 Å². The van der Waals surface area contributed by atoms with Crippen molar-refractivity contribution in [2.75, 3.05) is 6.61 Å². The second-order valence-electron chi connectivity index (χ2n) is 4.36. The molecule has 0 radical (unpaired) electrons. The van der Waals surface area contributed by atoms with Gasteiger partial charge in [-0.25, -0.2) is 0 Å². The second-order valence-corrected chi connectivity index (χ2v) is 4.36. The summed E-state index contributed by atoms with van der Waals surface area (Å²) in [6.07, 6.45) is 2.99. The summed E-state index contributed by atoms with van der Waals surface area (Å²) in [4.78, 5) is 23.6. The van der Waals surface area contributed by atoms with Crippen LogP contribution in [0.25, 0.3) is 0 Å². The predicted octanol–water partition coefficient (Wildman–Crippen LogP) is 1.98. The van der Waals surface area contributed by atoms with Gasteiger partial charge < -0.3 is 14.0 Å². The molecule has 0 aliphatic carbocycles. The monoisotopic (exact) mass is 267 g/mol. The fourth-order valence-electron chi connectivity index (χ4n) is 1.45. The van der Waals surface area contributed by atoms with Gasteiger partial charge in [-0.05, 0) is 31.9 Å². The number of carbonyl (C=O) groups excluding carboxylic acids is 1. The van der Waals surface area contributed by atoms with E-state index >= 15 is 0 Å². The number of nitrogens with zero attached hydrogens (tertiary/aromatic N) is 1. The van der Waals surface area contributed by atoms with Crippen LogP contribution in [0.1, 0.15) is 33.6 Å². The maximum absolute atomic E-state index is 12.0. The highest BCUT2D eigenvalue weighted by Gasteiger charge is 2.11. The molecule has 0 saturated carbocycles. The van der Waals surface area contributed by atoms with E-state index in [4.69, 9.17) is 9.47 Å². The van der Waals surface area contributed by atoms with Crippen LogP contribution in [0.15, 0.2) is 23.1 Å². The van der Waals surface area contributed by atoms with Gasteiger partial charge in [0.05, 0.1) is 12.7 Å². The molecule has 0 aromatic carbocycles. The van der Waals surface area contributed by atoms with Crippen molar-refractivity contribution >= 4 is 5.97 Å². The SMILES string of the molecule is CCCOc1cccn(CC(=O)OC(C)CC)c1=O. The predicted molar refractivity (Wildman–Crippen MR) is 72.3 cm³/mol. The van der Waals surface area contributed by atoms with E-state index in [1.165, 1.54) is 4.57 Å². The number of pyridine rings is 1. The fourth-order valence-corrected chi connectivity index (χ4v) is 1.45. The van der Waals surface area contributed by atoms with E-state index in [0.29, 0.717) is 6.61 Å². The second kappa shape index (κ2) is 7.61. The molecular formula is C14H21NO4. The highest BCUT2D eigenvalue weighted by atomic mass is 16.5. The Morgan fingerprint density at radius 2 is 2.16 bits per heavy atom. The summed E-state index contributed by atoms with van der Waals surface area (Å²) < 4.78 is 11.8. The van der Waals surface area contributed by atoms with Gasteiger partial charge in [0, 0.05) is 6.20 Å². The minimum atomic E-state index is -0.413. The molecule has 0 spiro atoms. The van der Waals surface area contributed by atoms with Crippen molar-refractivity contribution < 1.29 is 14.3 Å². The quantitative estimate of drug-likeness (QED) is 0.709. The van der Waals surface area contributed by atoms with Gasteiger partial charge in [0.1, 0.15) is 6.54 Å². The van der Waals surface area contributed by atoms with Crippen LogP contribution in [0, 0.1) is 0 Å². The molecule has 0 fully saturated rings. The zero-order valence-corrected chi connectivity index (χ0v) is 11.7. The summed E-state index contributed by atoms with van der Waals surface area (Å²) in [7, 11) is 0. The first kappa shape index (κ1) is 15.3. The van der Waals surface area contributed by atoms with Crippen LogP contribution in [0.2, 0.25) is 0 Å². The summed E-state index contributed by atoms with van der Waals surface area (Å²) >= 11 is 0. The summed E-state index contributed by atoms with van der Waals surface area (Å²) in [5, 5.41) is 0. The molecule has 1 heterocycles. The van der Waals surface area contributed by atoms with Crippen LogP contribution in [-0.2, 0) is 16.1 Å². The molecule has 0 saturated heterocycles. The molecule has 1 unspecified atom stereocenters. The van der Waals surface area contributed by atoms with Crippen LogP contribution in [0.4, 0.5) is 0 Å². The minimum Gasteiger partial charge on any atom is -0.488 e. The smallest absolute Gasteiger partial charge is 0.326 e. The molecule has 106 valence electrons. The maximum atomic E-state index is 12.0. The Morgan fingerprint density at radius 3 is 2.79 bits per heavy atom. The van der Waals surface area contributed by atoms with E-state index in [2.05, 4.69) is 0 Å². The number of carbonyl (C=O) groups is 1. The van der Waals surface area contributed by atoms with Crippen molar-refractivity contribution in [1.82, 2.24) is 4.57 Å². The van der Waals surface area contributed by atoms with Gasteiger partial charge >= 0.3 is 5.97 Å². The van der Waals surface area contributed by atoms with E-state index in [1.54, 1.807) is 18.3 Å². The lowest BCUT2D eigenvalue weighted by molar-refractivity contribution is -0.149. The molecule has 1 rings (SSSR count). The molecule has 1 atom stereocenters. The number of aromatic nitrogens is 1. The highest BCUT2D eigenvalue weighted by Crippen LogP contribution is 2.03. The Hall–Kier alpha value is -1.78. The van der Waals surface area contributed by atoms with Crippen molar-refractivity contribution in [3.63, 3.8) is 0 Å². The number of hydrogen-bond donors (Lipinski definition) is 0. The van der Waals surface area contributed by atoms with E-state index < -0.39 is 5.97 Å². The van der Waals surface area contributed by atoms with Gasteiger partial charge in [-0.15, -0.1) is 0 Å². The van der Waals surface area contributed by atoms with Crippen LogP contribution < -0.4 is 10.3 Å². The van der Waals surface area contributed by atoms with E-state index in [9.17, 15) is 9.59 Å². The Balaban J connectivity index is 2.73. The Kier molecular flexibility index (Phi) is 6.12. The summed E-state index contributed by atoms with van der Waals surface area (Å²) in [6, 6.07) is 3.29. The number of rotatable bonds is 7. The van der Waals surface area contributed by atoms with Crippen molar-refractivity contribution in [3.8, 4) is 5.75 Å². The maximum Gasteiger partial charge on any atom is 0.326 e. The lowest BCUT2D eigenvalue weighted by Crippen LogP contribution is -2.27. The largest absolute Gasteiger partial charge is 0.488 e. The third-order valence-electron chi connectivity index (χ3n) is 2.65. The number of hydrogen-bond acceptors (Lipinski definition) is 4. The molecule has 5 nitrogen and oxygen atoms in total. The Morgan fingerprint density at radius 1 is 1.42 bits per heavy atom. The zero-order chi connectivity index (χ0) is 14.3. The fraction of sp³-hybridized carbons (Fsp3) is 0.571. The first-order valence-electron chi connectivity index (χ1n) is 6.60. The normalized spacial score (nSPS) is 11.9. The van der Waals surface area contributed by atoms with Crippen molar-refractivity contribution in [1.29, 1.82) is 0 Å². The lowest BCUT2D eigenvalue weighted by Gasteiger charge is -2.12. The highest BCUT2D eigenvalue weighted by molar-refractivity contribution is 5.69. The Labute approximate surface area is 113 Å². The van der Waals surface area contributed by atoms with Gasteiger partial charge in [0.25, 0.3) is 5.56 Å². The third-order valence-corrected chi connectivity index (χ3v) is 2.65. The number of esters is 1. The first-order valence-corrected chi connectivity index (χ1v) is 6.60. The third kappa shape index (κ3) is 4.77. The molecule has 19 heavy (non-hydrogen) atoms. The standard InChI is InChI=1S/C14H21NO4/c1-4-9-18-12-7-6-8-15(14(12)17)10-13(16)19-11(3)5-2/h6-8,11H,4-5,9-10H2,1-3H3. The van der Waals surface area contributed by atoms with E-state index in [0.717, 1.165) is 12.8 Å².